The molecule has 2 heteroatoms. The molecule has 0 bridgehead atoms. The Morgan fingerprint density at radius 3 is 1.45 bits per heavy atom. The second kappa shape index (κ2) is 4.54. The van der Waals surface area contributed by atoms with E-state index < -0.39 is 0 Å². The molecule has 0 heterocycles. The smallest absolute Gasteiger partial charge is 0.166 e. The normalized spacial score (nSPS) is 24.2. The van der Waals surface area contributed by atoms with E-state index in [4.69, 9.17) is 0 Å². The highest BCUT2D eigenvalue weighted by Crippen LogP contribution is 2.42. The van der Waals surface area contributed by atoms with Crippen LogP contribution in [0.3, 0.4) is 0 Å². The van der Waals surface area contributed by atoms with E-state index in [0.29, 0.717) is 11.6 Å². The zero-order valence-electron chi connectivity index (χ0n) is 12.8. The van der Waals surface area contributed by atoms with Gasteiger partial charge < -0.3 is 0 Å². The summed E-state index contributed by atoms with van der Waals surface area (Å²) in [6.45, 7) is 8.23. The summed E-state index contributed by atoms with van der Waals surface area (Å²) < 4.78 is 0. The van der Waals surface area contributed by atoms with Crippen LogP contribution in [0.4, 0.5) is 0 Å². The van der Waals surface area contributed by atoms with Crippen molar-refractivity contribution in [2.24, 2.45) is 11.8 Å². The van der Waals surface area contributed by atoms with E-state index in [1.807, 2.05) is 13.8 Å². The lowest BCUT2D eigenvalue weighted by molar-refractivity contribution is 0.0926. The van der Waals surface area contributed by atoms with Gasteiger partial charge in [-0.3, -0.25) is 9.59 Å². The molecule has 0 fully saturated rings. The summed E-state index contributed by atoms with van der Waals surface area (Å²) in [7, 11) is 0. The van der Waals surface area contributed by atoms with Crippen molar-refractivity contribution in [3.63, 3.8) is 0 Å². The Balaban J connectivity index is 2.23. The standard InChI is InChI=1S/C18H22O2/c1-5-11-7-13-9(3)16-14(8-12(6-2)18(16)20)10(4)15(13)17(11)19/h11-12H,5-8H2,1-4H3/t11-,12-/m1/s1. The van der Waals surface area contributed by atoms with Crippen LogP contribution in [0.1, 0.15) is 69.7 Å². The van der Waals surface area contributed by atoms with E-state index in [1.165, 1.54) is 0 Å². The van der Waals surface area contributed by atoms with Gasteiger partial charge in [-0.1, -0.05) is 13.8 Å². The van der Waals surface area contributed by atoms with Gasteiger partial charge >= 0.3 is 0 Å². The number of hydrogen-bond donors (Lipinski definition) is 0. The molecule has 0 N–H and O–H groups in total. The van der Waals surface area contributed by atoms with Crippen molar-refractivity contribution in [1.82, 2.24) is 0 Å². The molecule has 3 rings (SSSR count). The number of benzene rings is 1. The van der Waals surface area contributed by atoms with Crippen molar-refractivity contribution in [3.05, 3.63) is 33.4 Å². The lowest BCUT2D eigenvalue weighted by Gasteiger charge is -2.13. The van der Waals surface area contributed by atoms with Gasteiger partial charge in [-0.15, -0.1) is 0 Å². The minimum Gasteiger partial charge on any atom is -0.294 e. The average molecular weight is 270 g/mol. The minimum absolute atomic E-state index is 0.127. The molecule has 0 saturated carbocycles. The Bertz CT molecular complexity index is 569. The third kappa shape index (κ3) is 1.57. The van der Waals surface area contributed by atoms with Gasteiger partial charge in [0.2, 0.25) is 0 Å². The van der Waals surface area contributed by atoms with Crippen LogP contribution < -0.4 is 0 Å². The van der Waals surface area contributed by atoms with E-state index >= 15 is 0 Å². The first-order valence-electron chi connectivity index (χ1n) is 7.74. The Hall–Kier alpha value is -1.44. The van der Waals surface area contributed by atoms with Crippen molar-refractivity contribution < 1.29 is 9.59 Å². The molecule has 0 amide bonds. The number of Topliss-reactive ketones (excluding diaryl/α,β-unsaturated/α-hetero) is 2. The molecule has 0 radical (unpaired) electrons. The van der Waals surface area contributed by atoms with Gasteiger partial charge in [0.25, 0.3) is 0 Å². The first kappa shape index (κ1) is 13.5. The summed E-state index contributed by atoms with van der Waals surface area (Å²) in [5.41, 5.74) is 6.37. The van der Waals surface area contributed by atoms with Crippen LogP contribution in [-0.2, 0) is 12.8 Å². The van der Waals surface area contributed by atoms with Gasteiger partial charge in [0, 0.05) is 23.0 Å². The fourth-order valence-corrected chi connectivity index (χ4v) is 4.05. The third-order valence-electron chi connectivity index (χ3n) is 5.38. The van der Waals surface area contributed by atoms with Crippen LogP contribution >= 0.6 is 0 Å². The van der Waals surface area contributed by atoms with E-state index in [1.54, 1.807) is 0 Å². The molecule has 2 nitrogen and oxygen atoms in total. The SMILES string of the molecule is CC[C@@H]1Cc2c(C)c3c(c(C)c2C1=O)C[C@@H](CC)C3=O. The summed E-state index contributed by atoms with van der Waals surface area (Å²) in [6.07, 6.45) is 3.44. The Kier molecular flexibility index (Phi) is 3.07. The lowest BCUT2D eigenvalue weighted by Crippen LogP contribution is -2.09. The molecule has 1 aromatic carbocycles. The number of rotatable bonds is 2. The van der Waals surface area contributed by atoms with Crippen molar-refractivity contribution >= 4 is 11.6 Å². The van der Waals surface area contributed by atoms with Crippen LogP contribution in [0.2, 0.25) is 0 Å². The van der Waals surface area contributed by atoms with Gasteiger partial charge in [-0.05, 0) is 61.8 Å². The average Bonchev–Trinajstić information content (AvgIpc) is 2.94. The van der Waals surface area contributed by atoms with E-state index in [-0.39, 0.29) is 11.8 Å². The highest BCUT2D eigenvalue weighted by molar-refractivity contribution is 6.09. The topological polar surface area (TPSA) is 34.1 Å². The van der Waals surface area contributed by atoms with Crippen molar-refractivity contribution in [2.45, 2.75) is 53.4 Å². The molecule has 2 aliphatic rings. The maximum absolute atomic E-state index is 12.5. The molecule has 0 spiro atoms. The summed E-state index contributed by atoms with van der Waals surface area (Å²) in [5.74, 6) is 0.862. The third-order valence-corrected chi connectivity index (χ3v) is 5.38. The molecular weight excluding hydrogens is 248 g/mol. The van der Waals surface area contributed by atoms with Crippen molar-refractivity contribution in [3.8, 4) is 0 Å². The van der Waals surface area contributed by atoms with Gasteiger partial charge in [0.1, 0.15) is 0 Å². The van der Waals surface area contributed by atoms with Gasteiger partial charge in [-0.2, -0.15) is 0 Å². The summed E-state index contributed by atoms with van der Waals surface area (Å²) in [4.78, 5) is 25.1. The number of carbonyl (C=O) groups excluding carboxylic acids is 2. The second-order valence-corrected chi connectivity index (χ2v) is 6.30. The molecule has 0 saturated heterocycles. The zero-order chi connectivity index (χ0) is 14.6. The minimum atomic E-state index is 0.127. The van der Waals surface area contributed by atoms with Crippen LogP contribution in [0.5, 0.6) is 0 Å². The number of carbonyl (C=O) groups is 2. The highest BCUT2D eigenvalue weighted by atomic mass is 16.1. The van der Waals surface area contributed by atoms with Gasteiger partial charge in [0.05, 0.1) is 0 Å². The Morgan fingerprint density at radius 1 is 0.800 bits per heavy atom. The molecule has 1 aromatic rings. The van der Waals surface area contributed by atoms with Crippen molar-refractivity contribution in [2.75, 3.05) is 0 Å². The maximum Gasteiger partial charge on any atom is 0.166 e. The number of ketones is 2. The largest absolute Gasteiger partial charge is 0.294 e. The number of fused-ring (bicyclic) bond motifs is 2. The van der Waals surface area contributed by atoms with Crippen LogP contribution in [0.15, 0.2) is 0 Å². The van der Waals surface area contributed by atoms with Gasteiger partial charge in [-0.25, -0.2) is 0 Å². The fourth-order valence-electron chi connectivity index (χ4n) is 4.05. The molecule has 0 aliphatic heterocycles. The molecule has 20 heavy (non-hydrogen) atoms. The first-order chi connectivity index (χ1) is 9.51. The predicted octanol–water partition coefficient (Wildman–Crippen LogP) is 3.83. The lowest BCUT2D eigenvalue weighted by atomic mass is 9.90. The summed E-state index contributed by atoms with van der Waals surface area (Å²) in [5, 5.41) is 0. The van der Waals surface area contributed by atoms with E-state index in [9.17, 15) is 9.59 Å². The van der Waals surface area contributed by atoms with Crippen molar-refractivity contribution in [1.29, 1.82) is 0 Å². The van der Waals surface area contributed by atoms with Crippen LogP contribution in [-0.4, -0.2) is 11.6 Å². The molecule has 0 aromatic heterocycles. The molecule has 2 atom stereocenters. The fraction of sp³-hybridized carbons (Fsp3) is 0.556. The molecule has 106 valence electrons. The maximum atomic E-state index is 12.5. The molecule has 0 unspecified atom stereocenters. The molecular formula is C18H22O2. The number of hydrogen-bond acceptors (Lipinski definition) is 2. The summed E-state index contributed by atoms with van der Waals surface area (Å²) >= 11 is 0. The predicted molar refractivity (Wildman–Crippen MR) is 79.5 cm³/mol. The van der Waals surface area contributed by atoms with Crippen LogP contribution in [0.25, 0.3) is 0 Å². The highest BCUT2D eigenvalue weighted by Gasteiger charge is 2.39. The first-order valence-corrected chi connectivity index (χ1v) is 7.74. The molecule has 2 aliphatic carbocycles. The summed E-state index contributed by atoms with van der Waals surface area (Å²) in [6, 6.07) is 0. The van der Waals surface area contributed by atoms with E-state index in [0.717, 1.165) is 59.1 Å². The second-order valence-electron chi connectivity index (χ2n) is 6.30. The van der Waals surface area contributed by atoms with Crippen LogP contribution in [0, 0.1) is 25.7 Å². The zero-order valence-corrected chi connectivity index (χ0v) is 12.8. The van der Waals surface area contributed by atoms with Gasteiger partial charge in [0.15, 0.2) is 11.6 Å². The Labute approximate surface area is 120 Å². The monoisotopic (exact) mass is 270 g/mol. The quantitative estimate of drug-likeness (QED) is 0.818. The Morgan fingerprint density at radius 2 is 1.15 bits per heavy atom. The van der Waals surface area contributed by atoms with E-state index in [2.05, 4.69) is 13.8 Å².